The SMILES string of the molecule is COCCCC(NC(=O)C(c1ccc(OC)cc1)N(C)C(=O)OC(C)(C)C)C(=O)OC. The average molecular weight is 439 g/mol. The van der Waals surface area contributed by atoms with Crippen molar-refractivity contribution in [2.75, 3.05) is 35.0 Å². The van der Waals surface area contributed by atoms with Crippen LogP contribution in [-0.2, 0) is 23.8 Å². The van der Waals surface area contributed by atoms with Crippen LogP contribution >= 0.6 is 0 Å². The molecule has 0 bridgehead atoms. The Hall–Kier alpha value is -2.81. The lowest BCUT2D eigenvalue weighted by Gasteiger charge is -2.31. The number of nitrogens with one attached hydrogen (secondary N) is 1. The molecule has 0 aliphatic heterocycles. The number of likely N-dealkylation sites (N-methyl/N-ethyl adjacent to an activating group) is 1. The molecule has 0 aliphatic carbocycles. The van der Waals surface area contributed by atoms with E-state index in [1.54, 1.807) is 52.1 Å². The summed E-state index contributed by atoms with van der Waals surface area (Å²) in [5.74, 6) is -0.501. The van der Waals surface area contributed by atoms with E-state index >= 15 is 0 Å². The zero-order valence-corrected chi connectivity index (χ0v) is 19.4. The van der Waals surface area contributed by atoms with Gasteiger partial charge in [0.05, 0.1) is 14.2 Å². The first-order valence-electron chi connectivity index (χ1n) is 10.0. The summed E-state index contributed by atoms with van der Waals surface area (Å²) in [6.07, 6.45) is 0.209. The molecule has 2 atom stereocenters. The van der Waals surface area contributed by atoms with Crippen molar-refractivity contribution >= 4 is 18.0 Å². The number of carbonyl (C=O) groups is 3. The second-order valence-electron chi connectivity index (χ2n) is 7.99. The maximum Gasteiger partial charge on any atom is 0.410 e. The predicted molar refractivity (Wildman–Crippen MR) is 115 cm³/mol. The van der Waals surface area contributed by atoms with Gasteiger partial charge < -0.3 is 24.3 Å². The van der Waals surface area contributed by atoms with Crippen LogP contribution in [0.15, 0.2) is 24.3 Å². The van der Waals surface area contributed by atoms with Crippen LogP contribution < -0.4 is 10.1 Å². The highest BCUT2D eigenvalue weighted by Gasteiger charge is 2.34. The largest absolute Gasteiger partial charge is 0.497 e. The third-order valence-electron chi connectivity index (χ3n) is 4.39. The Morgan fingerprint density at radius 2 is 1.68 bits per heavy atom. The van der Waals surface area contributed by atoms with Crippen LogP contribution in [0.3, 0.4) is 0 Å². The van der Waals surface area contributed by atoms with E-state index in [9.17, 15) is 14.4 Å². The quantitative estimate of drug-likeness (QED) is 0.442. The van der Waals surface area contributed by atoms with Gasteiger partial charge in [-0.3, -0.25) is 9.69 Å². The van der Waals surface area contributed by atoms with E-state index in [1.807, 2.05) is 0 Å². The maximum absolute atomic E-state index is 13.2. The fourth-order valence-electron chi connectivity index (χ4n) is 2.85. The molecule has 1 aromatic rings. The van der Waals surface area contributed by atoms with Gasteiger partial charge in [-0.1, -0.05) is 12.1 Å². The van der Waals surface area contributed by atoms with Crippen LogP contribution in [0, 0.1) is 0 Å². The van der Waals surface area contributed by atoms with Crippen LogP contribution in [0.2, 0.25) is 0 Å². The molecule has 0 spiro atoms. The Kier molecular flexibility index (Phi) is 10.3. The van der Waals surface area contributed by atoms with Crippen LogP contribution in [-0.4, -0.2) is 69.5 Å². The molecule has 1 aromatic carbocycles. The Balaban J connectivity index is 3.19. The fourth-order valence-corrected chi connectivity index (χ4v) is 2.85. The number of nitrogens with zero attached hydrogens (tertiary/aromatic N) is 1. The minimum Gasteiger partial charge on any atom is -0.497 e. The number of hydrogen-bond acceptors (Lipinski definition) is 7. The molecule has 0 saturated carbocycles. The molecular weight excluding hydrogens is 404 g/mol. The van der Waals surface area contributed by atoms with Gasteiger partial charge >= 0.3 is 12.1 Å². The van der Waals surface area contributed by atoms with E-state index in [2.05, 4.69) is 5.32 Å². The molecular formula is C22H34N2O7. The summed E-state index contributed by atoms with van der Waals surface area (Å²) in [5, 5.41) is 2.70. The first-order chi connectivity index (χ1) is 14.5. The van der Waals surface area contributed by atoms with Crippen LogP contribution in [0.5, 0.6) is 5.75 Å². The molecule has 174 valence electrons. The van der Waals surface area contributed by atoms with Gasteiger partial charge in [0.2, 0.25) is 5.91 Å². The number of esters is 1. The molecule has 1 N–H and O–H groups in total. The van der Waals surface area contributed by atoms with Crippen LogP contribution in [0.4, 0.5) is 4.79 Å². The minimum absolute atomic E-state index is 0.331. The van der Waals surface area contributed by atoms with Crippen molar-refractivity contribution in [2.24, 2.45) is 0 Å². The lowest BCUT2D eigenvalue weighted by atomic mass is 10.0. The maximum atomic E-state index is 13.2. The molecule has 0 saturated heterocycles. The van der Waals surface area contributed by atoms with Crippen molar-refractivity contribution < 1.29 is 33.3 Å². The minimum atomic E-state index is -1.03. The summed E-state index contributed by atoms with van der Waals surface area (Å²) in [4.78, 5) is 39.3. The summed E-state index contributed by atoms with van der Waals surface area (Å²) in [7, 11) is 5.82. The van der Waals surface area contributed by atoms with Crippen molar-refractivity contribution in [1.29, 1.82) is 0 Å². The summed E-state index contributed by atoms with van der Waals surface area (Å²) < 4.78 is 20.4. The molecule has 9 heteroatoms. The Labute approximate surface area is 184 Å². The smallest absolute Gasteiger partial charge is 0.410 e. The van der Waals surface area contributed by atoms with Crippen molar-refractivity contribution in [1.82, 2.24) is 10.2 Å². The van der Waals surface area contributed by atoms with Gasteiger partial charge in [0.1, 0.15) is 23.4 Å². The molecule has 0 radical (unpaired) electrons. The average Bonchev–Trinajstić information content (AvgIpc) is 2.71. The van der Waals surface area contributed by atoms with E-state index in [-0.39, 0.29) is 0 Å². The van der Waals surface area contributed by atoms with Crippen molar-refractivity contribution in [3.8, 4) is 5.75 Å². The summed E-state index contributed by atoms with van der Waals surface area (Å²) >= 11 is 0. The number of methoxy groups -OCH3 is 3. The van der Waals surface area contributed by atoms with E-state index in [0.717, 1.165) is 0 Å². The number of carbonyl (C=O) groups excluding carboxylic acids is 3. The van der Waals surface area contributed by atoms with Crippen LogP contribution in [0.1, 0.15) is 45.2 Å². The monoisotopic (exact) mass is 438 g/mol. The zero-order valence-electron chi connectivity index (χ0n) is 19.4. The molecule has 2 amide bonds. The van der Waals surface area contributed by atoms with Gasteiger partial charge in [-0.2, -0.15) is 0 Å². The van der Waals surface area contributed by atoms with Gasteiger partial charge in [0.15, 0.2) is 0 Å². The van der Waals surface area contributed by atoms with E-state index in [4.69, 9.17) is 18.9 Å². The number of benzene rings is 1. The topological polar surface area (TPSA) is 103 Å². The van der Waals surface area contributed by atoms with Gasteiger partial charge in [-0.15, -0.1) is 0 Å². The van der Waals surface area contributed by atoms with E-state index in [1.165, 1.54) is 26.2 Å². The van der Waals surface area contributed by atoms with E-state index in [0.29, 0.717) is 30.8 Å². The highest BCUT2D eigenvalue weighted by atomic mass is 16.6. The third kappa shape index (κ3) is 8.45. The Morgan fingerprint density at radius 1 is 1.06 bits per heavy atom. The predicted octanol–water partition coefficient (Wildman–Crippen LogP) is 2.69. The molecule has 0 aromatic heterocycles. The lowest BCUT2D eigenvalue weighted by Crippen LogP contribution is -2.49. The first kappa shape index (κ1) is 26.2. The zero-order chi connectivity index (χ0) is 23.6. The molecule has 1 rings (SSSR count). The van der Waals surface area contributed by atoms with Crippen molar-refractivity contribution in [3.05, 3.63) is 29.8 Å². The van der Waals surface area contributed by atoms with Gasteiger partial charge in [0.25, 0.3) is 0 Å². The molecule has 0 heterocycles. The Bertz CT molecular complexity index is 728. The first-order valence-corrected chi connectivity index (χ1v) is 10.0. The van der Waals surface area contributed by atoms with Crippen molar-refractivity contribution in [2.45, 2.75) is 51.3 Å². The molecule has 0 fully saturated rings. The van der Waals surface area contributed by atoms with Gasteiger partial charge in [-0.05, 0) is 51.3 Å². The summed E-state index contributed by atoms with van der Waals surface area (Å²) in [5.41, 5.74) is -0.201. The molecule has 31 heavy (non-hydrogen) atoms. The molecule has 0 aliphatic rings. The summed E-state index contributed by atoms with van der Waals surface area (Å²) in [6.45, 7) is 5.65. The third-order valence-corrected chi connectivity index (χ3v) is 4.39. The van der Waals surface area contributed by atoms with Gasteiger partial charge in [-0.25, -0.2) is 9.59 Å². The highest BCUT2D eigenvalue weighted by molar-refractivity contribution is 5.90. The molecule has 9 nitrogen and oxygen atoms in total. The second kappa shape index (κ2) is 12.1. The number of rotatable bonds is 10. The summed E-state index contributed by atoms with van der Waals surface area (Å²) in [6, 6.07) is 4.84. The normalized spacial score (nSPS) is 13.0. The number of hydrogen-bond donors (Lipinski definition) is 1. The van der Waals surface area contributed by atoms with E-state index < -0.39 is 35.7 Å². The Morgan fingerprint density at radius 3 is 2.16 bits per heavy atom. The molecule has 2 unspecified atom stereocenters. The second-order valence-corrected chi connectivity index (χ2v) is 7.99. The van der Waals surface area contributed by atoms with Crippen molar-refractivity contribution in [3.63, 3.8) is 0 Å². The fraction of sp³-hybridized carbons (Fsp3) is 0.591. The van der Waals surface area contributed by atoms with Gasteiger partial charge in [0, 0.05) is 20.8 Å². The number of ether oxygens (including phenoxy) is 4. The standard InChI is InChI=1S/C22H34N2O7/c1-22(2,3)31-21(27)24(4)18(15-10-12-16(29-6)13-11-15)19(25)23-17(20(26)30-7)9-8-14-28-5/h10-13,17-18H,8-9,14H2,1-7H3,(H,23,25). The van der Waals surface area contributed by atoms with Crippen LogP contribution in [0.25, 0.3) is 0 Å². The highest BCUT2D eigenvalue weighted by Crippen LogP contribution is 2.25. The number of amides is 2. The lowest BCUT2D eigenvalue weighted by molar-refractivity contribution is -0.146.